The Balaban J connectivity index is 1.64. The first-order chi connectivity index (χ1) is 15.9. The van der Waals surface area contributed by atoms with Crippen LogP contribution in [-0.2, 0) is 10.5 Å². The average molecular weight is 446 g/mol. The second kappa shape index (κ2) is 7.74. The van der Waals surface area contributed by atoms with E-state index in [9.17, 15) is 18.8 Å². The van der Waals surface area contributed by atoms with Gasteiger partial charge in [0.1, 0.15) is 11.6 Å². The van der Waals surface area contributed by atoms with Gasteiger partial charge < -0.3 is 19.6 Å². The van der Waals surface area contributed by atoms with Gasteiger partial charge in [0.2, 0.25) is 0 Å². The molecule has 2 heterocycles. The molecule has 3 aromatic carbocycles. The van der Waals surface area contributed by atoms with Gasteiger partial charge in [-0.3, -0.25) is 9.59 Å². The van der Waals surface area contributed by atoms with Gasteiger partial charge in [-0.2, -0.15) is 0 Å². The lowest BCUT2D eigenvalue weighted by atomic mass is 9.89. The average Bonchev–Trinajstić information content (AvgIpc) is 3.34. The summed E-state index contributed by atoms with van der Waals surface area (Å²) in [5.74, 6) is -1.68. The van der Waals surface area contributed by atoms with Gasteiger partial charge in [0.05, 0.1) is 0 Å². The van der Waals surface area contributed by atoms with Crippen LogP contribution in [0, 0.1) is 5.82 Å². The minimum absolute atomic E-state index is 0.175. The number of aliphatic carboxylic acids is 1. The van der Waals surface area contributed by atoms with Gasteiger partial charge in [-0.25, -0.2) is 9.18 Å². The molecule has 0 aromatic heterocycles. The number of rotatable bonds is 5. The molecule has 0 bridgehead atoms. The monoisotopic (exact) mass is 446 g/mol. The second-order valence-electron chi connectivity index (χ2n) is 7.85. The lowest BCUT2D eigenvalue weighted by Crippen LogP contribution is -2.51. The highest BCUT2D eigenvalue weighted by atomic mass is 19.1. The van der Waals surface area contributed by atoms with E-state index in [1.54, 1.807) is 46.2 Å². The lowest BCUT2D eigenvalue weighted by molar-refractivity contribution is -0.139. The molecule has 8 heteroatoms. The van der Waals surface area contributed by atoms with Crippen molar-refractivity contribution in [3.63, 3.8) is 0 Å². The Morgan fingerprint density at radius 1 is 0.970 bits per heavy atom. The third-order valence-electron chi connectivity index (χ3n) is 6.06. The van der Waals surface area contributed by atoms with Gasteiger partial charge in [0, 0.05) is 35.3 Å². The van der Waals surface area contributed by atoms with E-state index in [1.165, 1.54) is 24.3 Å². The van der Waals surface area contributed by atoms with Crippen LogP contribution in [0.5, 0.6) is 5.75 Å². The number of hydrogen-bond acceptors (Lipinski definition) is 4. The van der Waals surface area contributed by atoms with E-state index in [4.69, 9.17) is 9.84 Å². The molecule has 1 unspecified atom stereocenters. The molecular formula is C25H19FN2O5. The molecule has 3 aromatic rings. The Labute approximate surface area is 188 Å². The summed E-state index contributed by atoms with van der Waals surface area (Å²) in [5, 5.41) is 8.85. The van der Waals surface area contributed by atoms with Crippen LogP contribution in [0.3, 0.4) is 0 Å². The second-order valence-corrected chi connectivity index (χ2v) is 7.85. The zero-order valence-electron chi connectivity index (χ0n) is 17.4. The van der Waals surface area contributed by atoms with E-state index in [0.717, 1.165) is 0 Å². The van der Waals surface area contributed by atoms with Gasteiger partial charge in [-0.05, 0) is 42.5 Å². The number of carboxylic acid groups (broad SMARTS) is 1. The van der Waals surface area contributed by atoms with Crippen LogP contribution >= 0.6 is 0 Å². The molecule has 0 radical (unpaired) electrons. The van der Waals surface area contributed by atoms with Crippen molar-refractivity contribution in [1.82, 2.24) is 9.80 Å². The Bertz CT molecular complexity index is 1260. The number of benzene rings is 3. The standard InChI is InChI=1S/C25H19FN2O5/c26-18-9-5-16(6-10-18)23(31)27-13-14-28-24(32)20-3-1-2-4-21(20)25(27,28)17-7-11-19(12-8-17)33-15-22(29)30/h1-12H,13-15H2,(H,29,30). The number of ether oxygens (including phenoxy) is 1. The van der Waals surface area contributed by atoms with Crippen molar-refractivity contribution in [3.05, 3.63) is 101 Å². The van der Waals surface area contributed by atoms with Crippen molar-refractivity contribution in [2.45, 2.75) is 5.66 Å². The number of carbonyl (C=O) groups is 3. The minimum Gasteiger partial charge on any atom is -0.482 e. The first-order valence-corrected chi connectivity index (χ1v) is 10.4. The number of carboxylic acids is 1. The number of amides is 2. The summed E-state index contributed by atoms with van der Waals surface area (Å²) in [7, 11) is 0. The van der Waals surface area contributed by atoms with Gasteiger partial charge >= 0.3 is 5.97 Å². The topological polar surface area (TPSA) is 87.2 Å². The van der Waals surface area contributed by atoms with Crippen molar-refractivity contribution >= 4 is 17.8 Å². The van der Waals surface area contributed by atoms with E-state index in [2.05, 4.69) is 0 Å². The summed E-state index contributed by atoms with van der Waals surface area (Å²) in [4.78, 5) is 41.0. The van der Waals surface area contributed by atoms with Crippen LogP contribution in [0.15, 0.2) is 72.8 Å². The predicted molar refractivity (Wildman–Crippen MR) is 115 cm³/mol. The highest BCUT2D eigenvalue weighted by molar-refractivity contribution is 6.03. The summed E-state index contributed by atoms with van der Waals surface area (Å²) >= 11 is 0. The lowest BCUT2D eigenvalue weighted by Gasteiger charge is -2.40. The van der Waals surface area contributed by atoms with E-state index in [-0.39, 0.29) is 11.8 Å². The van der Waals surface area contributed by atoms with Crippen LogP contribution < -0.4 is 4.74 Å². The van der Waals surface area contributed by atoms with E-state index in [0.29, 0.717) is 41.1 Å². The molecule has 33 heavy (non-hydrogen) atoms. The molecule has 1 fully saturated rings. The first kappa shape index (κ1) is 20.7. The molecule has 1 saturated heterocycles. The Kier molecular flexibility index (Phi) is 4.85. The van der Waals surface area contributed by atoms with Crippen LogP contribution in [0.1, 0.15) is 31.8 Å². The summed E-state index contributed by atoms with van der Waals surface area (Å²) in [6, 6.07) is 19.2. The molecule has 2 aliphatic rings. The smallest absolute Gasteiger partial charge is 0.341 e. The number of nitrogens with zero attached hydrogens (tertiary/aromatic N) is 2. The molecule has 2 amide bonds. The van der Waals surface area contributed by atoms with Crippen molar-refractivity contribution in [1.29, 1.82) is 0 Å². The highest BCUT2D eigenvalue weighted by Crippen LogP contribution is 2.50. The van der Waals surface area contributed by atoms with Crippen LogP contribution in [-0.4, -0.2) is 52.4 Å². The molecule has 2 aliphatic heterocycles. The molecule has 5 rings (SSSR count). The Hall–Kier alpha value is -4.20. The van der Waals surface area contributed by atoms with Gasteiger partial charge in [0.15, 0.2) is 12.3 Å². The zero-order valence-corrected chi connectivity index (χ0v) is 17.4. The SMILES string of the molecule is O=C(O)COc1ccc(C23c4ccccc4C(=O)N2CCN3C(=O)c2ccc(F)cc2)cc1. The van der Waals surface area contributed by atoms with Crippen molar-refractivity contribution in [2.24, 2.45) is 0 Å². The first-order valence-electron chi connectivity index (χ1n) is 10.4. The minimum atomic E-state index is -1.18. The maximum atomic E-state index is 13.6. The predicted octanol–water partition coefficient (Wildman–Crippen LogP) is 3.10. The molecule has 7 nitrogen and oxygen atoms in total. The maximum Gasteiger partial charge on any atom is 0.341 e. The van der Waals surface area contributed by atoms with Crippen LogP contribution in [0.2, 0.25) is 0 Å². The number of fused-ring (bicyclic) bond motifs is 3. The number of hydrogen-bond donors (Lipinski definition) is 1. The number of carbonyl (C=O) groups excluding carboxylic acids is 2. The van der Waals surface area contributed by atoms with Crippen molar-refractivity contribution in [2.75, 3.05) is 19.7 Å². The summed E-state index contributed by atoms with van der Waals surface area (Å²) in [6.07, 6.45) is 0. The molecule has 0 aliphatic carbocycles. The Morgan fingerprint density at radius 3 is 2.36 bits per heavy atom. The van der Waals surface area contributed by atoms with Gasteiger partial charge in [-0.1, -0.05) is 30.3 Å². The van der Waals surface area contributed by atoms with Crippen LogP contribution in [0.4, 0.5) is 4.39 Å². The fourth-order valence-corrected chi connectivity index (χ4v) is 4.72. The van der Waals surface area contributed by atoms with Crippen molar-refractivity contribution < 1.29 is 28.6 Å². The molecule has 0 spiro atoms. The summed E-state index contributed by atoms with van der Waals surface area (Å²) in [5.41, 5.74) is 1.000. The van der Waals surface area contributed by atoms with Gasteiger partial charge in [0.25, 0.3) is 11.8 Å². The van der Waals surface area contributed by atoms with Gasteiger partial charge in [-0.15, -0.1) is 0 Å². The largest absolute Gasteiger partial charge is 0.482 e. The number of halogens is 1. The maximum absolute atomic E-state index is 13.6. The molecule has 1 N–H and O–H groups in total. The molecule has 0 saturated carbocycles. The molecule has 1 atom stereocenters. The molecule has 166 valence electrons. The fourth-order valence-electron chi connectivity index (χ4n) is 4.72. The zero-order chi connectivity index (χ0) is 23.2. The fraction of sp³-hybridized carbons (Fsp3) is 0.160. The van der Waals surface area contributed by atoms with E-state index in [1.807, 2.05) is 12.1 Å². The van der Waals surface area contributed by atoms with E-state index >= 15 is 0 Å². The van der Waals surface area contributed by atoms with Crippen LogP contribution in [0.25, 0.3) is 0 Å². The normalized spacial score (nSPS) is 18.8. The third-order valence-corrected chi connectivity index (χ3v) is 6.06. The Morgan fingerprint density at radius 2 is 1.67 bits per heavy atom. The van der Waals surface area contributed by atoms with E-state index < -0.39 is 24.1 Å². The summed E-state index contributed by atoms with van der Waals surface area (Å²) in [6.45, 7) is 0.151. The van der Waals surface area contributed by atoms with Crippen molar-refractivity contribution in [3.8, 4) is 5.75 Å². The highest BCUT2D eigenvalue weighted by Gasteiger charge is 2.59. The quantitative estimate of drug-likeness (QED) is 0.651. The molecular weight excluding hydrogens is 427 g/mol. The summed E-state index contributed by atoms with van der Waals surface area (Å²) < 4.78 is 18.7. The third kappa shape index (κ3) is 3.14.